The molecule has 0 spiro atoms. The second-order valence-electron chi connectivity index (χ2n) is 7.83. The molecular weight excluding hydrogens is 435 g/mol. The molecule has 1 aliphatic rings. The minimum atomic E-state index is -3.93. The SMILES string of the molecule is COc1ccc([C@H](C)NC(=O)[C@H]2CCCCN2S(=O)(=O)c2ccc(C(C)=O)cc2)cc1F. The molecule has 2 aromatic carbocycles. The van der Waals surface area contributed by atoms with Gasteiger partial charge in [-0.3, -0.25) is 9.59 Å². The van der Waals surface area contributed by atoms with Gasteiger partial charge in [0.05, 0.1) is 18.0 Å². The van der Waals surface area contributed by atoms with Crippen molar-refractivity contribution in [3.8, 4) is 5.75 Å². The maximum atomic E-state index is 14.0. The number of carbonyl (C=O) groups is 2. The van der Waals surface area contributed by atoms with Crippen LogP contribution in [-0.4, -0.2) is 44.1 Å². The third kappa shape index (κ3) is 4.99. The molecule has 1 heterocycles. The zero-order valence-corrected chi connectivity index (χ0v) is 19.1. The van der Waals surface area contributed by atoms with Gasteiger partial charge < -0.3 is 10.1 Å². The van der Waals surface area contributed by atoms with E-state index in [-0.39, 0.29) is 23.0 Å². The highest BCUT2D eigenvalue weighted by Gasteiger charge is 2.38. The summed E-state index contributed by atoms with van der Waals surface area (Å²) in [6, 6.07) is 8.74. The van der Waals surface area contributed by atoms with Gasteiger partial charge in [0.2, 0.25) is 15.9 Å². The minimum absolute atomic E-state index is 0.0347. The number of halogens is 1. The fraction of sp³-hybridized carbons (Fsp3) is 0.391. The maximum absolute atomic E-state index is 14.0. The topological polar surface area (TPSA) is 92.8 Å². The largest absolute Gasteiger partial charge is 0.494 e. The molecule has 0 radical (unpaired) electrons. The number of nitrogens with one attached hydrogen (secondary N) is 1. The third-order valence-electron chi connectivity index (χ3n) is 5.66. The summed E-state index contributed by atoms with van der Waals surface area (Å²) in [6.07, 6.45) is 1.76. The quantitative estimate of drug-likeness (QED) is 0.636. The van der Waals surface area contributed by atoms with E-state index in [2.05, 4.69) is 5.32 Å². The summed E-state index contributed by atoms with van der Waals surface area (Å²) in [5.74, 6) is -1.03. The molecule has 2 atom stereocenters. The van der Waals surface area contributed by atoms with Crippen molar-refractivity contribution in [3.63, 3.8) is 0 Å². The van der Waals surface area contributed by atoms with Gasteiger partial charge in [-0.15, -0.1) is 0 Å². The van der Waals surface area contributed by atoms with E-state index >= 15 is 0 Å². The number of hydrogen-bond acceptors (Lipinski definition) is 5. The van der Waals surface area contributed by atoms with Gasteiger partial charge in [0.25, 0.3) is 0 Å². The number of ketones is 1. The van der Waals surface area contributed by atoms with Crippen molar-refractivity contribution in [3.05, 3.63) is 59.4 Å². The van der Waals surface area contributed by atoms with Gasteiger partial charge in [-0.05, 0) is 56.5 Å². The number of rotatable bonds is 7. The molecule has 32 heavy (non-hydrogen) atoms. The number of amides is 1. The van der Waals surface area contributed by atoms with Crippen molar-refractivity contribution >= 4 is 21.7 Å². The summed E-state index contributed by atoms with van der Waals surface area (Å²) in [5, 5.41) is 2.81. The first kappa shape index (κ1) is 23.9. The second-order valence-corrected chi connectivity index (χ2v) is 9.72. The number of piperidine rings is 1. The minimum Gasteiger partial charge on any atom is -0.494 e. The lowest BCUT2D eigenvalue weighted by Gasteiger charge is -2.34. The van der Waals surface area contributed by atoms with Crippen molar-refractivity contribution in [2.45, 2.75) is 50.1 Å². The molecule has 1 fully saturated rings. The highest BCUT2D eigenvalue weighted by Crippen LogP contribution is 2.27. The van der Waals surface area contributed by atoms with Crippen LogP contribution in [0.1, 0.15) is 55.1 Å². The van der Waals surface area contributed by atoms with Crippen LogP contribution in [0, 0.1) is 5.82 Å². The Kier molecular flexibility index (Phi) is 7.30. The Morgan fingerprint density at radius 1 is 1.16 bits per heavy atom. The molecule has 0 unspecified atom stereocenters. The Labute approximate surface area is 187 Å². The van der Waals surface area contributed by atoms with Crippen molar-refractivity contribution in [1.82, 2.24) is 9.62 Å². The number of hydrogen-bond donors (Lipinski definition) is 1. The number of benzene rings is 2. The molecule has 1 amide bonds. The molecule has 1 aliphatic heterocycles. The molecule has 0 aliphatic carbocycles. The monoisotopic (exact) mass is 462 g/mol. The van der Waals surface area contributed by atoms with Gasteiger partial charge in [0, 0.05) is 12.1 Å². The van der Waals surface area contributed by atoms with Crippen LogP contribution in [0.25, 0.3) is 0 Å². The van der Waals surface area contributed by atoms with Crippen molar-refractivity contribution < 1.29 is 27.1 Å². The predicted molar refractivity (Wildman–Crippen MR) is 117 cm³/mol. The lowest BCUT2D eigenvalue weighted by molar-refractivity contribution is -0.126. The Bertz CT molecular complexity index is 1100. The lowest BCUT2D eigenvalue weighted by Crippen LogP contribution is -2.52. The van der Waals surface area contributed by atoms with Crippen LogP contribution in [0.4, 0.5) is 4.39 Å². The number of Topliss-reactive ketones (excluding diaryl/α,β-unsaturated/α-hetero) is 1. The zero-order valence-electron chi connectivity index (χ0n) is 18.3. The fourth-order valence-electron chi connectivity index (χ4n) is 3.80. The van der Waals surface area contributed by atoms with Crippen LogP contribution >= 0.6 is 0 Å². The van der Waals surface area contributed by atoms with E-state index in [1.807, 2.05) is 0 Å². The van der Waals surface area contributed by atoms with Crippen LogP contribution in [0.15, 0.2) is 47.4 Å². The molecular formula is C23H27FN2O5S. The average Bonchev–Trinajstić information content (AvgIpc) is 2.79. The lowest BCUT2D eigenvalue weighted by atomic mass is 10.0. The van der Waals surface area contributed by atoms with E-state index < -0.39 is 33.8 Å². The van der Waals surface area contributed by atoms with Gasteiger partial charge in [0.15, 0.2) is 17.3 Å². The summed E-state index contributed by atoms with van der Waals surface area (Å²) >= 11 is 0. The molecule has 7 nitrogen and oxygen atoms in total. The van der Waals surface area contributed by atoms with Crippen molar-refractivity contribution in [1.29, 1.82) is 0 Å². The Morgan fingerprint density at radius 2 is 1.84 bits per heavy atom. The van der Waals surface area contributed by atoms with Crippen LogP contribution in [-0.2, 0) is 14.8 Å². The standard InChI is InChI=1S/C23H27FN2O5S/c1-15(18-9-12-22(31-3)20(24)14-18)25-23(28)21-6-4-5-13-26(21)32(29,30)19-10-7-17(8-11-19)16(2)27/h7-12,14-15,21H,4-6,13H2,1-3H3,(H,25,28)/t15-,21+/m0/s1. The molecule has 9 heteroatoms. The molecule has 0 bridgehead atoms. The maximum Gasteiger partial charge on any atom is 0.243 e. The molecule has 3 rings (SSSR count). The van der Waals surface area contributed by atoms with E-state index in [4.69, 9.17) is 4.74 Å². The molecule has 1 saturated heterocycles. The highest BCUT2D eigenvalue weighted by molar-refractivity contribution is 7.89. The Hall–Kier alpha value is -2.78. The van der Waals surface area contributed by atoms with Crippen LogP contribution in [0.3, 0.4) is 0 Å². The number of sulfonamides is 1. The smallest absolute Gasteiger partial charge is 0.243 e. The van der Waals surface area contributed by atoms with E-state index in [9.17, 15) is 22.4 Å². The summed E-state index contributed by atoms with van der Waals surface area (Å²) in [7, 11) is -2.56. The van der Waals surface area contributed by atoms with E-state index in [1.165, 1.54) is 54.7 Å². The first-order chi connectivity index (χ1) is 15.1. The zero-order chi connectivity index (χ0) is 23.5. The number of methoxy groups -OCH3 is 1. The van der Waals surface area contributed by atoms with Gasteiger partial charge in [0.1, 0.15) is 6.04 Å². The van der Waals surface area contributed by atoms with Gasteiger partial charge >= 0.3 is 0 Å². The predicted octanol–water partition coefficient (Wildman–Crippen LogP) is 3.46. The summed E-state index contributed by atoms with van der Waals surface area (Å²) in [4.78, 5) is 24.6. The van der Waals surface area contributed by atoms with Crippen LogP contribution < -0.4 is 10.1 Å². The first-order valence-corrected chi connectivity index (χ1v) is 11.9. The molecule has 0 saturated carbocycles. The highest BCUT2D eigenvalue weighted by atomic mass is 32.2. The summed E-state index contributed by atoms with van der Waals surface area (Å²) in [6.45, 7) is 3.34. The number of ether oxygens (including phenoxy) is 1. The fourth-order valence-corrected chi connectivity index (χ4v) is 5.45. The Balaban J connectivity index is 1.80. The van der Waals surface area contributed by atoms with Gasteiger partial charge in [-0.2, -0.15) is 4.31 Å². The van der Waals surface area contributed by atoms with Crippen LogP contribution in [0.2, 0.25) is 0 Å². The average molecular weight is 463 g/mol. The summed E-state index contributed by atoms with van der Waals surface area (Å²) in [5.41, 5.74) is 0.958. The van der Waals surface area contributed by atoms with Gasteiger partial charge in [-0.1, -0.05) is 24.6 Å². The second kappa shape index (κ2) is 9.79. The van der Waals surface area contributed by atoms with E-state index in [1.54, 1.807) is 13.0 Å². The molecule has 2 aromatic rings. The third-order valence-corrected chi connectivity index (χ3v) is 7.58. The van der Waals surface area contributed by atoms with Crippen molar-refractivity contribution in [2.75, 3.05) is 13.7 Å². The number of carbonyl (C=O) groups excluding carboxylic acids is 2. The molecule has 0 aromatic heterocycles. The molecule has 1 N–H and O–H groups in total. The van der Waals surface area contributed by atoms with Crippen molar-refractivity contribution in [2.24, 2.45) is 0 Å². The van der Waals surface area contributed by atoms with E-state index in [0.29, 0.717) is 24.0 Å². The van der Waals surface area contributed by atoms with Gasteiger partial charge in [-0.25, -0.2) is 12.8 Å². The number of nitrogens with zero attached hydrogens (tertiary/aromatic N) is 1. The van der Waals surface area contributed by atoms with Crippen LogP contribution in [0.5, 0.6) is 5.75 Å². The first-order valence-electron chi connectivity index (χ1n) is 10.4. The summed E-state index contributed by atoms with van der Waals surface area (Å²) < 4.78 is 46.7. The Morgan fingerprint density at radius 3 is 2.44 bits per heavy atom. The molecule has 172 valence electrons. The van der Waals surface area contributed by atoms with E-state index in [0.717, 1.165) is 6.42 Å². The normalized spacial score (nSPS) is 18.1.